The molecule has 6 nitrogen and oxygen atoms in total. The first-order chi connectivity index (χ1) is 14.5. The Bertz CT molecular complexity index is 1050. The molecule has 0 saturated carbocycles. The molecule has 1 unspecified atom stereocenters. The first-order valence-corrected chi connectivity index (χ1v) is 11.1. The first kappa shape index (κ1) is 20.3. The van der Waals surface area contributed by atoms with Gasteiger partial charge in [0.15, 0.2) is 0 Å². The highest BCUT2D eigenvalue weighted by molar-refractivity contribution is 7.13. The predicted molar refractivity (Wildman–Crippen MR) is 119 cm³/mol. The zero-order valence-corrected chi connectivity index (χ0v) is 18.5. The van der Waals surface area contributed by atoms with Crippen LogP contribution in [0.4, 0.5) is 4.79 Å². The van der Waals surface area contributed by atoms with E-state index in [9.17, 15) is 4.79 Å². The Balaban J connectivity index is 1.80. The third-order valence-electron chi connectivity index (χ3n) is 5.26. The normalized spacial score (nSPS) is 17.0. The zero-order valence-electron chi connectivity index (χ0n) is 17.7. The van der Waals surface area contributed by atoms with Crippen LogP contribution < -0.4 is 5.32 Å². The lowest BCUT2D eigenvalue weighted by atomic mass is 9.93. The summed E-state index contributed by atoms with van der Waals surface area (Å²) in [5, 5.41) is 9.33. The van der Waals surface area contributed by atoms with E-state index in [0.717, 1.165) is 28.1 Å². The minimum Gasteiger partial charge on any atom is -0.334 e. The van der Waals surface area contributed by atoms with Gasteiger partial charge in [-0.2, -0.15) is 4.98 Å². The summed E-state index contributed by atoms with van der Waals surface area (Å²) in [6, 6.07) is 11.8. The van der Waals surface area contributed by atoms with E-state index in [1.165, 1.54) is 5.56 Å². The van der Waals surface area contributed by atoms with Gasteiger partial charge in [0.05, 0.1) is 16.5 Å². The van der Waals surface area contributed by atoms with Gasteiger partial charge in [-0.05, 0) is 41.8 Å². The second-order valence-electron chi connectivity index (χ2n) is 7.88. The summed E-state index contributed by atoms with van der Waals surface area (Å²) in [4.78, 5) is 20.3. The molecule has 0 fully saturated rings. The van der Waals surface area contributed by atoms with Crippen LogP contribution in [-0.2, 0) is 6.42 Å². The molecule has 7 heteroatoms. The van der Waals surface area contributed by atoms with Gasteiger partial charge in [0.1, 0.15) is 0 Å². The molecule has 156 valence electrons. The number of carbonyl (C=O) groups excluding carboxylic acids is 1. The Labute approximate surface area is 180 Å². The van der Waals surface area contributed by atoms with Crippen LogP contribution >= 0.6 is 11.3 Å². The molecule has 2 amide bonds. The van der Waals surface area contributed by atoms with Crippen LogP contribution in [0.25, 0.3) is 16.3 Å². The molecule has 0 radical (unpaired) electrons. The summed E-state index contributed by atoms with van der Waals surface area (Å²) in [5.41, 5.74) is 3.94. The lowest BCUT2D eigenvalue weighted by molar-refractivity contribution is 0.199. The van der Waals surface area contributed by atoms with Gasteiger partial charge >= 0.3 is 6.03 Å². The summed E-state index contributed by atoms with van der Waals surface area (Å²) < 4.78 is 5.69. The number of nitrogens with zero attached hydrogens (tertiary/aromatic N) is 3. The number of hydrogen-bond acceptors (Lipinski definition) is 5. The van der Waals surface area contributed by atoms with Crippen LogP contribution in [0.5, 0.6) is 0 Å². The van der Waals surface area contributed by atoms with Gasteiger partial charge in [0, 0.05) is 12.2 Å². The third kappa shape index (κ3) is 3.89. The Hall–Kier alpha value is -2.93. The highest BCUT2D eigenvalue weighted by Crippen LogP contribution is 2.38. The van der Waals surface area contributed by atoms with Crippen molar-refractivity contribution < 1.29 is 9.32 Å². The Morgan fingerprint density at radius 2 is 2.00 bits per heavy atom. The van der Waals surface area contributed by atoms with Crippen molar-refractivity contribution in [3.05, 3.63) is 64.5 Å². The van der Waals surface area contributed by atoms with Gasteiger partial charge in [-0.15, -0.1) is 11.3 Å². The molecule has 0 saturated heterocycles. The summed E-state index contributed by atoms with van der Waals surface area (Å²) in [6.45, 7) is 8.89. The van der Waals surface area contributed by atoms with Gasteiger partial charge in [0.25, 0.3) is 5.89 Å². The summed E-state index contributed by atoms with van der Waals surface area (Å²) in [6.07, 6.45) is 0.967. The van der Waals surface area contributed by atoms with Gasteiger partial charge in [-0.1, -0.05) is 56.3 Å². The smallest absolute Gasteiger partial charge is 0.322 e. The van der Waals surface area contributed by atoms with Crippen molar-refractivity contribution in [1.82, 2.24) is 20.4 Å². The lowest BCUT2D eigenvalue weighted by Crippen LogP contribution is -2.47. The van der Waals surface area contributed by atoms with E-state index in [4.69, 9.17) is 4.52 Å². The Morgan fingerprint density at radius 1 is 1.23 bits per heavy atom. The summed E-state index contributed by atoms with van der Waals surface area (Å²) in [7, 11) is 0. The number of carbonyl (C=O) groups is 1. The number of thiophene rings is 1. The quantitative estimate of drug-likeness (QED) is 0.568. The molecule has 1 N–H and O–H groups in total. The van der Waals surface area contributed by atoms with Crippen molar-refractivity contribution >= 4 is 22.9 Å². The largest absolute Gasteiger partial charge is 0.334 e. The standard InChI is InChI=1S/C23H26N4O2S/c1-5-16-8-10-17(11-9-16)20-19(15(4)27(13-14(2)3)23(28)24-20)22-25-21(26-29-22)18-7-6-12-30-18/h6-12,14,20H,5,13H2,1-4H3,(H,24,28). The van der Waals surface area contributed by atoms with Gasteiger partial charge < -0.3 is 9.84 Å². The number of benzene rings is 1. The Morgan fingerprint density at radius 3 is 2.63 bits per heavy atom. The molecule has 1 atom stereocenters. The molecule has 1 aliphatic heterocycles. The van der Waals surface area contributed by atoms with Crippen LogP contribution in [0, 0.1) is 5.92 Å². The molecule has 0 spiro atoms. The van der Waals surface area contributed by atoms with Crippen LogP contribution in [0.15, 0.2) is 52.0 Å². The Kier molecular flexibility index (Phi) is 5.72. The average Bonchev–Trinajstić information content (AvgIpc) is 3.42. The minimum atomic E-state index is -0.344. The molecule has 1 aliphatic rings. The van der Waals surface area contributed by atoms with E-state index in [0.29, 0.717) is 24.2 Å². The van der Waals surface area contributed by atoms with E-state index in [2.05, 4.69) is 60.5 Å². The number of aromatic nitrogens is 2. The number of nitrogens with one attached hydrogen (secondary N) is 1. The first-order valence-electron chi connectivity index (χ1n) is 10.2. The minimum absolute atomic E-state index is 0.104. The molecule has 1 aromatic carbocycles. The number of hydrogen-bond donors (Lipinski definition) is 1. The van der Waals surface area contributed by atoms with Crippen LogP contribution in [0.3, 0.4) is 0 Å². The molecule has 30 heavy (non-hydrogen) atoms. The van der Waals surface area contributed by atoms with Gasteiger partial charge in [-0.3, -0.25) is 4.90 Å². The van der Waals surface area contributed by atoms with E-state index < -0.39 is 0 Å². The van der Waals surface area contributed by atoms with E-state index >= 15 is 0 Å². The van der Waals surface area contributed by atoms with E-state index in [-0.39, 0.29) is 12.1 Å². The van der Waals surface area contributed by atoms with Crippen molar-refractivity contribution in [2.45, 2.75) is 40.2 Å². The second-order valence-corrected chi connectivity index (χ2v) is 8.83. The van der Waals surface area contributed by atoms with Gasteiger partial charge in [-0.25, -0.2) is 4.79 Å². The second kappa shape index (κ2) is 8.44. The molecule has 3 heterocycles. The van der Waals surface area contributed by atoms with Crippen molar-refractivity contribution in [3.63, 3.8) is 0 Å². The zero-order chi connectivity index (χ0) is 21.3. The monoisotopic (exact) mass is 422 g/mol. The molecule has 3 aromatic rings. The van der Waals surface area contributed by atoms with Crippen LogP contribution in [0.1, 0.15) is 50.8 Å². The topological polar surface area (TPSA) is 71.3 Å². The van der Waals surface area contributed by atoms with Crippen molar-refractivity contribution in [2.24, 2.45) is 5.92 Å². The fourth-order valence-electron chi connectivity index (χ4n) is 3.68. The van der Waals surface area contributed by atoms with E-state index in [1.807, 2.05) is 24.4 Å². The SMILES string of the molecule is CCc1ccc(C2NC(=O)N(CC(C)C)C(C)=C2c2nc(-c3cccs3)no2)cc1. The molecular formula is C23H26N4O2S. The highest BCUT2D eigenvalue weighted by Gasteiger charge is 2.35. The van der Waals surface area contributed by atoms with Crippen LogP contribution in [-0.4, -0.2) is 27.6 Å². The molecular weight excluding hydrogens is 396 g/mol. The fraction of sp³-hybridized carbons (Fsp3) is 0.348. The van der Waals surface area contributed by atoms with Crippen molar-refractivity contribution in [1.29, 1.82) is 0 Å². The predicted octanol–water partition coefficient (Wildman–Crippen LogP) is 5.51. The summed E-state index contributed by atoms with van der Waals surface area (Å²) >= 11 is 1.57. The van der Waals surface area contributed by atoms with Crippen molar-refractivity contribution in [3.8, 4) is 10.7 Å². The average molecular weight is 423 g/mol. The fourth-order valence-corrected chi connectivity index (χ4v) is 4.33. The molecule has 0 bridgehead atoms. The maximum absolute atomic E-state index is 12.9. The number of allylic oxidation sites excluding steroid dienone is 1. The van der Waals surface area contributed by atoms with E-state index in [1.54, 1.807) is 16.2 Å². The molecule has 4 rings (SSSR count). The summed E-state index contributed by atoms with van der Waals surface area (Å²) in [5.74, 6) is 1.33. The number of amides is 2. The maximum atomic E-state index is 12.9. The van der Waals surface area contributed by atoms with Crippen LogP contribution in [0.2, 0.25) is 0 Å². The molecule has 2 aromatic heterocycles. The highest BCUT2D eigenvalue weighted by atomic mass is 32.1. The number of urea groups is 1. The number of rotatable bonds is 6. The van der Waals surface area contributed by atoms with Crippen molar-refractivity contribution in [2.75, 3.05) is 6.54 Å². The lowest BCUT2D eigenvalue weighted by Gasteiger charge is -2.36. The maximum Gasteiger partial charge on any atom is 0.322 e. The molecule has 0 aliphatic carbocycles. The third-order valence-corrected chi connectivity index (χ3v) is 6.13. The van der Waals surface area contributed by atoms with Gasteiger partial charge in [0.2, 0.25) is 5.82 Å². The number of aryl methyl sites for hydroxylation is 1.